The SMILES string of the molecule is Cc1ccc(NC(=O)N2CCC(Cc3nc(-c4ccccc4)n[nH]3)C2)cc1C. The van der Waals surface area contributed by atoms with Crippen molar-refractivity contribution >= 4 is 11.7 Å². The van der Waals surface area contributed by atoms with Gasteiger partial charge >= 0.3 is 6.03 Å². The molecule has 1 aliphatic heterocycles. The first-order valence-electron chi connectivity index (χ1n) is 9.68. The molecule has 0 spiro atoms. The van der Waals surface area contributed by atoms with Gasteiger partial charge in [-0.1, -0.05) is 36.4 Å². The Kier molecular flexibility index (Phi) is 5.10. The average Bonchev–Trinajstić information content (AvgIpc) is 3.36. The summed E-state index contributed by atoms with van der Waals surface area (Å²) in [7, 11) is 0. The molecule has 1 fully saturated rings. The highest BCUT2D eigenvalue weighted by molar-refractivity contribution is 5.89. The number of aryl methyl sites for hydroxylation is 2. The van der Waals surface area contributed by atoms with E-state index in [1.54, 1.807) is 0 Å². The highest BCUT2D eigenvalue weighted by Crippen LogP contribution is 2.22. The van der Waals surface area contributed by atoms with Gasteiger partial charge in [0.1, 0.15) is 5.82 Å². The summed E-state index contributed by atoms with van der Waals surface area (Å²) in [5.41, 5.74) is 4.25. The molecule has 4 rings (SSSR count). The fourth-order valence-corrected chi connectivity index (χ4v) is 3.58. The molecule has 0 saturated carbocycles. The first kappa shape index (κ1) is 18.2. The summed E-state index contributed by atoms with van der Waals surface area (Å²) in [6.07, 6.45) is 1.77. The van der Waals surface area contributed by atoms with Gasteiger partial charge in [0, 0.05) is 30.8 Å². The molecule has 2 amide bonds. The van der Waals surface area contributed by atoms with Gasteiger partial charge < -0.3 is 10.2 Å². The zero-order valence-corrected chi connectivity index (χ0v) is 16.3. The molecule has 2 heterocycles. The van der Waals surface area contributed by atoms with E-state index < -0.39 is 0 Å². The van der Waals surface area contributed by atoms with E-state index in [-0.39, 0.29) is 6.03 Å². The number of nitrogens with zero attached hydrogens (tertiary/aromatic N) is 3. The maximum atomic E-state index is 12.6. The van der Waals surface area contributed by atoms with Crippen molar-refractivity contribution in [2.75, 3.05) is 18.4 Å². The van der Waals surface area contributed by atoms with Crippen molar-refractivity contribution in [1.29, 1.82) is 0 Å². The first-order valence-corrected chi connectivity index (χ1v) is 9.68. The number of aromatic amines is 1. The average molecular weight is 375 g/mol. The smallest absolute Gasteiger partial charge is 0.321 e. The number of benzene rings is 2. The van der Waals surface area contributed by atoms with E-state index in [2.05, 4.69) is 34.3 Å². The van der Waals surface area contributed by atoms with Crippen LogP contribution in [0.1, 0.15) is 23.4 Å². The van der Waals surface area contributed by atoms with E-state index in [1.165, 1.54) is 11.1 Å². The second-order valence-electron chi connectivity index (χ2n) is 7.51. The predicted octanol–water partition coefficient (Wildman–Crippen LogP) is 4.19. The maximum Gasteiger partial charge on any atom is 0.321 e. The highest BCUT2D eigenvalue weighted by atomic mass is 16.2. The molecule has 1 unspecified atom stereocenters. The van der Waals surface area contributed by atoms with Gasteiger partial charge in [-0.15, -0.1) is 0 Å². The molecule has 1 aliphatic rings. The Morgan fingerprint density at radius 2 is 2.00 bits per heavy atom. The quantitative estimate of drug-likeness (QED) is 0.718. The third kappa shape index (κ3) is 4.06. The molecule has 2 aromatic carbocycles. The number of likely N-dealkylation sites (tertiary alicyclic amines) is 1. The highest BCUT2D eigenvalue weighted by Gasteiger charge is 2.27. The minimum Gasteiger partial charge on any atom is -0.324 e. The number of aromatic nitrogens is 3. The lowest BCUT2D eigenvalue weighted by Crippen LogP contribution is -2.33. The molecule has 3 aromatic rings. The number of carbonyl (C=O) groups excluding carboxylic acids is 1. The van der Waals surface area contributed by atoms with E-state index in [9.17, 15) is 4.79 Å². The monoisotopic (exact) mass is 375 g/mol. The van der Waals surface area contributed by atoms with Crippen molar-refractivity contribution in [3.05, 3.63) is 65.5 Å². The van der Waals surface area contributed by atoms with Crippen LogP contribution in [-0.4, -0.2) is 39.2 Å². The molecular formula is C22H25N5O. The van der Waals surface area contributed by atoms with Crippen LogP contribution >= 0.6 is 0 Å². The van der Waals surface area contributed by atoms with E-state index in [0.29, 0.717) is 5.92 Å². The topological polar surface area (TPSA) is 73.9 Å². The maximum absolute atomic E-state index is 12.6. The van der Waals surface area contributed by atoms with E-state index in [4.69, 9.17) is 0 Å². The van der Waals surface area contributed by atoms with Gasteiger partial charge in [0.15, 0.2) is 5.82 Å². The lowest BCUT2D eigenvalue weighted by atomic mass is 10.1. The molecule has 2 N–H and O–H groups in total. The molecule has 1 aromatic heterocycles. The third-order valence-corrected chi connectivity index (χ3v) is 5.38. The van der Waals surface area contributed by atoms with Crippen LogP contribution in [0.4, 0.5) is 10.5 Å². The fraction of sp³-hybridized carbons (Fsp3) is 0.318. The number of urea groups is 1. The lowest BCUT2D eigenvalue weighted by molar-refractivity contribution is 0.220. The van der Waals surface area contributed by atoms with Crippen LogP contribution in [0.15, 0.2) is 48.5 Å². The number of H-pyrrole nitrogens is 1. The molecule has 1 atom stereocenters. The van der Waals surface area contributed by atoms with Crippen LogP contribution < -0.4 is 5.32 Å². The van der Waals surface area contributed by atoms with Crippen LogP contribution in [0.5, 0.6) is 0 Å². The Morgan fingerprint density at radius 3 is 2.79 bits per heavy atom. The number of anilines is 1. The minimum absolute atomic E-state index is 0.0340. The summed E-state index contributed by atoms with van der Waals surface area (Å²) < 4.78 is 0. The van der Waals surface area contributed by atoms with Crippen LogP contribution in [-0.2, 0) is 6.42 Å². The normalized spacial score (nSPS) is 16.4. The number of hydrogen-bond acceptors (Lipinski definition) is 3. The Hall–Kier alpha value is -3.15. The predicted molar refractivity (Wildman–Crippen MR) is 110 cm³/mol. The summed E-state index contributed by atoms with van der Waals surface area (Å²) >= 11 is 0. The molecule has 144 valence electrons. The van der Waals surface area contributed by atoms with Gasteiger partial charge in [0.2, 0.25) is 0 Å². The van der Waals surface area contributed by atoms with Crippen molar-refractivity contribution < 1.29 is 4.79 Å². The summed E-state index contributed by atoms with van der Waals surface area (Å²) in [6.45, 7) is 5.62. The van der Waals surface area contributed by atoms with Gasteiger partial charge in [-0.3, -0.25) is 5.10 Å². The molecule has 6 nitrogen and oxygen atoms in total. The van der Waals surface area contributed by atoms with Crippen LogP contribution in [0.3, 0.4) is 0 Å². The van der Waals surface area contributed by atoms with Gasteiger partial charge in [0.05, 0.1) is 0 Å². The number of nitrogens with one attached hydrogen (secondary N) is 2. The second-order valence-corrected chi connectivity index (χ2v) is 7.51. The Bertz CT molecular complexity index is 966. The third-order valence-electron chi connectivity index (χ3n) is 5.38. The van der Waals surface area contributed by atoms with Crippen molar-refractivity contribution in [2.24, 2.45) is 5.92 Å². The molecular weight excluding hydrogens is 350 g/mol. The Morgan fingerprint density at radius 1 is 1.18 bits per heavy atom. The molecule has 28 heavy (non-hydrogen) atoms. The van der Waals surface area contributed by atoms with Crippen molar-refractivity contribution in [3.8, 4) is 11.4 Å². The zero-order chi connectivity index (χ0) is 19.5. The van der Waals surface area contributed by atoms with Crippen molar-refractivity contribution in [2.45, 2.75) is 26.7 Å². The lowest BCUT2D eigenvalue weighted by Gasteiger charge is -2.17. The summed E-state index contributed by atoms with van der Waals surface area (Å²) in [5.74, 6) is 1.99. The Labute approximate surface area is 165 Å². The van der Waals surface area contributed by atoms with Gasteiger partial charge in [-0.05, 0) is 49.4 Å². The molecule has 0 radical (unpaired) electrons. The van der Waals surface area contributed by atoms with E-state index >= 15 is 0 Å². The molecule has 6 heteroatoms. The van der Waals surface area contributed by atoms with Gasteiger partial charge in [0.25, 0.3) is 0 Å². The summed E-state index contributed by atoms with van der Waals surface area (Å²) in [6, 6.07) is 15.9. The van der Waals surface area contributed by atoms with E-state index in [1.807, 2.05) is 53.4 Å². The minimum atomic E-state index is -0.0340. The van der Waals surface area contributed by atoms with Gasteiger partial charge in [-0.25, -0.2) is 9.78 Å². The van der Waals surface area contributed by atoms with Crippen molar-refractivity contribution in [1.82, 2.24) is 20.1 Å². The van der Waals surface area contributed by atoms with Crippen LogP contribution in [0.2, 0.25) is 0 Å². The number of rotatable bonds is 4. The molecule has 0 aliphatic carbocycles. The fourth-order valence-electron chi connectivity index (χ4n) is 3.58. The number of amides is 2. The number of carbonyl (C=O) groups is 1. The van der Waals surface area contributed by atoms with Crippen molar-refractivity contribution in [3.63, 3.8) is 0 Å². The standard InChI is InChI=1S/C22H25N5O/c1-15-8-9-19(12-16(15)2)23-22(28)27-11-10-17(14-27)13-20-24-21(26-25-20)18-6-4-3-5-7-18/h3-9,12,17H,10-11,13-14H2,1-2H3,(H,23,28)(H,24,25,26). The zero-order valence-electron chi connectivity index (χ0n) is 16.3. The van der Waals surface area contributed by atoms with Crippen LogP contribution in [0, 0.1) is 19.8 Å². The van der Waals surface area contributed by atoms with Crippen LogP contribution in [0.25, 0.3) is 11.4 Å². The Balaban J connectivity index is 1.33. The summed E-state index contributed by atoms with van der Waals surface area (Å²) in [5, 5.41) is 10.4. The first-order chi connectivity index (χ1) is 13.6. The number of hydrogen-bond donors (Lipinski definition) is 2. The molecule has 1 saturated heterocycles. The second kappa shape index (κ2) is 7.84. The van der Waals surface area contributed by atoms with E-state index in [0.717, 1.165) is 48.8 Å². The van der Waals surface area contributed by atoms with Gasteiger partial charge in [-0.2, -0.15) is 5.10 Å². The largest absolute Gasteiger partial charge is 0.324 e. The summed E-state index contributed by atoms with van der Waals surface area (Å²) in [4.78, 5) is 19.1. The molecule has 0 bridgehead atoms.